The SMILES string of the molecule is CN(Cc1ccc(Cl)s1)c1cncc(NN)n1. The summed E-state index contributed by atoms with van der Waals surface area (Å²) in [5.74, 6) is 6.58. The molecule has 2 aromatic rings. The third-order valence-corrected chi connectivity index (χ3v) is 3.40. The summed E-state index contributed by atoms with van der Waals surface area (Å²) in [4.78, 5) is 11.5. The molecule has 2 rings (SSSR count). The van der Waals surface area contributed by atoms with Crippen molar-refractivity contribution >= 4 is 34.6 Å². The zero-order chi connectivity index (χ0) is 12.3. The van der Waals surface area contributed by atoms with Gasteiger partial charge >= 0.3 is 0 Å². The molecule has 0 bridgehead atoms. The Bertz CT molecular complexity index is 501. The van der Waals surface area contributed by atoms with Gasteiger partial charge in [0.2, 0.25) is 0 Å². The van der Waals surface area contributed by atoms with E-state index in [9.17, 15) is 0 Å². The van der Waals surface area contributed by atoms with Crippen molar-refractivity contribution in [2.45, 2.75) is 6.54 Å². The van der Waals surface area contributed by atoms with Gasteiger partial charge in [-0.3, -0.25) is 4.98 Å². The minimum absolute atomic E-state index is 0.540. The van der Waals surface area contributed by atoms with Gasteiger partial charge < -0.3 is 10.3 Å². The number of halogens is 1. The Balaban J connectivity index is 2.11. The van der Waals surface area contributed by atoms with Crippen molar-refractivity contribution in [1.82, 2.24) is 9.97 Å². The number of nitrogen functional groups attached to an aromatic ring is 1. The summed E-state index contributed by atoms with van der Waals surface area (Å²) in [6.07, 6.45) is 3.26. The molecule has 0 unspecified atom stereocenters. The van der Waals surface area contributed by atoms with Gasteiger partial charge in [-0.05, 0) is 12.1 Å². The lowest BCUT2D eigenvalue weighted by molar-refractivity contribution is 0.903. The number of nitrogens with one attached hydrogen (secondary N) is 1. The van der Waals surface area contributed by atoms with Crippen LogP contribution in [0.5, 0.6) is 0 Å². The molecule has 0 aromatic carbocycles. The fourth-order valence-corrected chi connectivity index (χ4v) is 2.50. The van der Waals surface area contributed by atoms with E-state index in [4.69, 9.17) is 17.4 Å². The van der Waals surface area contributed by atoms with Crippen molar-refractivity contribution in [2.24, 2.45) is 5.84 Å². The number of thiophene rings is 1. The predicted octanol–water partition coefficient (Wildman–Crippen LogP) is 2.11. The molecule has 5 nitrogen and oxygen atoms in total. The predicted molar refractivity (Wildman–Crippen MR) is 71.3 cm³/mol. The number of aromatic nitrogens is 2. The van der Waals surface area contributed by atoms with E-state index in [1.807, 2.05) is 24.1 Å². The van der Waals surface area contributed by atoms with Crippen LogP contribution in [0.2, 0.25) is 4.34 Å². The quantitative estimate of drug-likeness (QED) is 0.657. The number of hydrogen-bond donors (Lipinski definition) is 2. The molecule has 0 amide bonds. The van der Waals surface area contributed by atoms with E-state index in [0.717, 1.165) is 16.7 Å². The van der Waals surface area contributed by atoms with Gasteiger partial charge in [0.25, 0.3) is 0 Å². The molecule has 0 aliphatic heterocycles. The van der Waals surface area contributed by atoms with E-state index in [1.165, 1.54) is 4.88 Å². The lowest BCUT2D eigenvalue weighted by Crippen LogP contribution is -2.18. The van der Waals surface area contributed by atoms with E-state index in [-0.39, 0.29) is 0 Å². The summed E-state index contributed by atoms with van der Waals surface area (Å²) in [7, 11) is 1.94. The third kappa shape index (κ3) is 3.06. The highest BCUT2D eigenvalue weighted by molar-refractivity contribution is 7.16. The van der Waals surface area contributed by atoms with Crippen LogP contribution >= 0.6 is 22.9 Å². The Kier molecular flexibility index (Phi) is 3.78. The van der Waals surface area contributed by atoms with E-state index >= 15 is 0 Å². The highest BCUT2D eigenvalue weighted by Crippen LogP contribution is 2.23. The van der Waals surface area contributed by atoms with Gasteiger partial charge in [0, 0.05) is 11.9 Å². The normalized spacial score (nSPS) is 10.3. The Hall–Kier alpha value is -1.37. The fourth-order valence-electron chi connectivity index (χ4n) is 1.36. The molecular formula is C10H12ClN5S. The second-order valence-electron chi connectivity index (χ2n) is 3.47. The first-order chi connectivity index (χ1) is 8.19. The average Bonchev–Trinajstić information content (AvgIpc) is 2.75. The summed E-state index contributed by atoms with van der Waals surface area (Å²) in [5.41, 5.74) is 2.47. The first kappa shape index (κ1) is 12.1. The minimum Gasteiger partial charge on any atom is -0.353 e. The summed E-state index contributed by atoms with van der Waals surface area (Å²) < 4.78 is 0.789. The van der Waals surface area contributed by atoms with Crippen molar-refractivity contribution in [3.63, 3.8) is 0 Å². The first-order valence-corrected chi connectivity index (χ1v) is 6.12. The maximum atomic E-state index is 5.88. The summed E-state index contributed by atoms with van der Waals surface area (Å²) >= 11 is 7.44. The van der Waals surface area contributed by atoms with Gasteiger partial charge in [-0.25, -0.2) is 10.8 Å². The third-order valence-electron chi connectivity index (χ3n) is 2.18. The summed E-state index contributed by atoms with van der Waals surface area (Å²) in [5, 5.41) is 0. The molecule has 7 heteroatoms. The van der Waals surface area contributed by atoms with Crippen LogP contribution in [0.3, 0.4) is 0 Å². The number of hydrogen-bond acceptors (Lipinski definition) is 6. The largest absolute Gasteiger partial charge is 0.353 e. The number of nitrogens with zero attached hydrogens (tertiary/aromatic N) is 3. The molecule has 0 saturated carbocycles. The van der Waals surface area contributed by atoms with Crippen molar-refractivity contribution in [3.8, 4) is 0 Å². The molecule has 90 valence electrons. The maximum absolute atomic E-state index is 5.88. The van der Waals surface area contributed by atoms with Crippen LogP contribution in [0, 0.1) is 0 Å². The van der Waals surface area contributed by atoms with Crippen molar-refractivity contribution in [2.75, 3.05) is 17.4 Å². The zero-order valence-corrected chi connectivity index (χ0v) is 10.8. The molecule has 2 aromatic heterocycles. The lowest BCUT2D eigenvalue weighted by Gasteiger charge is -2.17. The molecule has 0 atom stereocenters. The van der Waals surface area contributed by atoms with Crippen LogP contribution < -0.4 is 16.2 Å². The smallest absolute Gasteiger partial charge is 0.160 e. The Morgan fingerprint density at radius 1 is 1.47 bits per heavy atom. The monoisotopic (exact) mass is 269 g/mol. The molecule has 17 heavy (non-hydrogen) atoms. The second-order valence-corrected chi connectivity index (χ2v) is 5.27. The highest BCUT2D eigenvalue weighted by atomic mass is 35.5. The molecule has 0 radical (unpaired) electrons. The van der Waals surface area contributed by atoms with Gasteiger partial charge in [0.15, 0.2) is 5.82 Å². The van der Waals surface area contributed by atoms with Gasteiger partial charge in [-0.15, -0.1) is 11.3 Å². The maximum Gasteiger partial charge on any atom is 0.160 e. The zero-order valence-electron chi connectivity index (χ0n) is 9.22. The standard InChI is InChI=1S/C10H12ClN5S/c1-16(6-7-2-3-8(11)17-7)10-5-13-4-9(14-10)15-12/h2-5H,6,12H2,1H3,(H,14,15). The van der Waals surface area contributed by atoms with Crippen LogP contribution in [0.4, 0.5) is 11.6 Å². The van der Waals surface area contributed by atoms with E-state index < -0.39 is 0 Å². The van der Waals surface area contributed by atoms with Gasteiger partial charge in [-0.1, -0.05) is 11.6 Å². The molecule has 0 saturated heterocycles. The second kappa shape index (κ2) is 5.31. The van der Waals surface area contributed by atoms with Crippen LogP contribution in [-0.2, 0) is 6.54 Å². The van der Waals surface area contributed by atoms with Crippen molar-refractivity contribution in [3.05, 3.63) is 33.7 Å². The highest BCUT2D eigenvalue weighted by Gasteiger charge is 2.06. The summed E-state index contributed by atoms with van der Waals surface area (Å²) in [6, 6.07) is 3.89. The molecular weight excluding hydrogens is 258 g/mol. The van der Waals surface area contributed by atoms with Gasteiger partial charge in [0.05, 0.1) is 23.3 Å². The van der Waals surface area contributed by atoms with Crippen LogP contribution in [0.1, 0.15) is 4.88 Å². The van der Waals surface area contributed by atoms with Gasteiger partial charge in [0.1, 0.15) is 5.82 Å². The van der Waals surface area contributed by atoms with E-state index in [1.54, 1.807) is 23.7 Å². The first-order valence-electron chi connectivity index (χ1n) is 4.93. The molecule has 0 aliphatic carbocycles. The van der Waals surface area contributed by atoms with Crippen LogP contribution in [-0.4, -0.2) is 17.0 Å². The van der Waals surface area contributed by atoms with Crippen LogP contribution in [0.25, 0.3) is 0 Å². The lowest BCUT2D eigenvalue weighted by atomic mass is 10.4. The molecule has 3 N–H and O–H groups in total. The molecule has 0 fully saturated rings. The van der Waals surface area contributed by atoms with E-state index in [2.05, 4.69) is 15.4 Å². The Morgan fingerprint density at radius 2 is 2.29 bits per heavy atom. The van der Waals surface area contributed by atoms with Crippen molar-refractivity contribution < 1.29 is 0 Å². The average molecular weight is 270 g/mol. The fraction of sp³-hybridized carbons (Fsp3) is 0.200. The number of hydrazine groups is 1. The molecule has 2 heterocycles. The number of rotatable bonds is 4. The van der Waals surface area contributed by atoms with Crippen LogP contribution in [0.15, 0.2) is 24.5 Å². The summed E-state index contributed by atoms with van der Waals surface area (Å²) in [6.45, 7) is 0.736. The molecule has 0 spiro atoms. The number of anilines is 2. The Labute approximate surface area is 108 Å². The van der Waals surface area contributed by atoms with E-state index in [0.29, 0.717) is 5.82 Å². The minimum atomic E-state index is 0.540. The van der Waals surface area contributed by atoms with Crippen molar-refractivity contribution in [1.29, 1.82) is 0 Å². The number of nitrogens with two attached hydrogens (primary N) is 1. The van der Waals surface area contributed by atoms with Gasteiger partial charge in [-0.2, -0.15) is 0 Å². The topological polar surface area (TPSA) is 67.1 Å². The Morgan fingerprint density at radius 3 is 2.94 bits per heavy atom. The molecule has 0 aliphatic rings.